The minimum Gasteiger partial charge on any atom is -0.360 e. The van der Waals surface area contributed by atoms with Crippen LogP contribution in [-0.4, -0.2) is 19.6 Å². The van der Waals surface area contributed by atoms with Crippen LogP contribution in [0.1, 0.15) is 5.76 Å². The Bertz CT molecular complexity index is 1050. The number of hydrogen-bond donors (Lipinski definition) is 3. The van der Waals surface area contributed by atoms with Crippen molar-refractivity contribution in [2.75, 3.05) is 15.4 Å². The summed E-state index contributed by atoms with van der Waals surface area (Å²) >= 11 is 5.79. The minimum atomic E-state index is -3.81. The van der Waals surface area contributed by atoms with E-state index in [0.717, 1.165) is 0 Å². The molecule has 0 atom stereocenters. The maximum Gasteiger partial charge on any atom is 0.323 e. The normalized spacial score (nSPS) is 11.0. The summed E-state index contributed by atoms with van der Waals surface area (Å²) in [5.74, 6) is 0.580. The molecule has 1 aromatic heterocycles. The summed E-state index contributed by atoms with van der Waals surface area (Å²) in [7, 11) is -3.81. The van der Waals surface area contributed by atoms with Gasteiger partial charge in [0.25, 0.3) is 10.0 Å². The van der Waals surface area contributed by atoms with Gasteiger partial charge in [-0.25, -0.2) is 13.2 Å². The van der Waals surface area contributed by atoms with Gasteiger partial charge in [-0.1, -0.05) is 16.8 Å². The molecular formula is C17H15ClN4O4S. The molecule has 3 N–H and O–H groups in total. The molecule has 0 aliphatic rings. The fraction of sp³-hybridized carbons (Fsp3) is 0.0588. The van der Waals surface area contributed by atoms with Gasteiger partial charge < -0.3 is 15.2 Å². The van der Waals surface area contributed by atoms with Gasteiger partial charge >= 0.3 is 6.03 Å². The summed E-state index contributed by atoms with van der Waals surface area (Å²) in [4.78, 5) is 12.0. The molecule has 0 saturated carbocycles. The predicted molar refractivity (Wildman–Crippen MR) is 103 cm³/mol. The Labute approximate surface area is 160 Å². The molecule has 2 amide bonds. The van der Waals surface area contributed by atoms with Crippen LogP contribution >= 0.6 is 11.6 Å². The largest absolute Gasteiger partial charge is 0.360 e. The number of hydrogen-bond acceptors (Lipinski definition) is 5. The number of halogens is 1. The average molecular weight is 407 g/mol. The van der Waals surface area contributed by atoms with Crippen molar-refractivity contribution in [3.8, 4) is 0 Å². The number of nitrogens with one attached hydrogen (secondary N) is 3. The summed E-state index contributed by atoms with van der Waals surface area (Å²) < 4.78 is 31.8. The second-order valence-electron chi connectivity index (χ2n) is 5.54. The van der Waals surface area contributed by atoms with Gasteiger partial charge in [0.2, 0.25) is 0 Å². The number of carbonyl (C=O) groups excluding carboxylic acids is 1. The molecule has 27 heavy (non-hydrogen) atoms. The van der Waals surface area contributed by atoms with E-state index in [4.69, 9.17) is 16.1 Å². The number of carbonyl (C=O) groups is 1. The van der Waals surface area contributed by atoms with Gasteiger partial charge in [-0.15, -0.1) is 0 Å². The van der Waals surface area contributed by atoms with Crippen LogP contribution in [0.25, 0.3) is 0 Å². The first-order valence-electron chi connectivity index (χ1n) is 7.72. The summed E-state index contributed by atoms with van der Waals surface area (Å²) in [5.41, 5.74) is 1.00. The van der Waals surface area contributed by atoms with Gasteiger partial charge in [-0.3, -0.25) is 4.72 Å². The zero-order valence-corrected chi connectivity index (χ0v) is 15.6. The predicted octanol–water partition coefficient (Wildman–Crippen LogP) is 4.08. The van der Waals surface area contributed by atoms with E-state index in [9.17, 15) is 13.2 Å². The highest BCUT2D eigenvalue weighted by Crippen LogP contribution is 2.19. The Balaban J connectivity index is 1.64. The Hall–Kier alpha value is -3.04. The number of sulfonamides is 1. The lowest BCUT2D eigenvalue weighted by Crippen LogP contribution is -2.19. The monoisotopic (exact) mass is 406 g/mol. The van der Waals surface area contributed by atoms with E-state index in [1.54, 1.807) is 31.2 Å². The summed E-state index contributed by atoms with van der Waals surface area (Å²) in [5, 5.41) is 9.40. The minimum absolute atomic E-state index is 0.0202. The standard InChI is InChI=1S/C17H15ClN4O4S/c1-11-10-16(21-26-11)22-27(24,25)15-8-6-14(7-9-15)20-17(23)19-13-4-2-12(18)3-5-13/h2-10H,1H3,(H,21,22)(H2,19,20,23). The van der Waals surface area contributed by atoms with Crippen LogP contribution in [0, 0.1) is 6.92 Å². The summed E-state index contributed by atoms with van der Waals surface area (Å²) in [6.07, 6.45) is 0. The molecule has 2 aromatic carbocycles. The van der Waals surface area contributed by atoms with Crippen LogP contribution in [0.3, 0.4) is 0 Å². The van der Waals surface area contributed by atoms with Gasteiger partial charge in [0.1, 0.15) is 5.76 Å². The lowest BCUT2D eigenvalue weighted by atomic mass is 10.3. The molecule has 10 heteroatoms. The van der Waals surface area contributed by atoms with E-state index >= 15 is 0 Å². The fourth-order valence-electron chi connectivity index (χ4n) is 2.16. The molecule has 140 valence electrons. The van der Waals surface area contributed by atoms with Crippen molar-refractivity contribution < 1.29 is 17.7 Å². The second-order valence-corrected chi connectivity index (χ2v) is 7.66. The van der Waals surface area contributed by atoms with Crippen LogP contribution in [0.2, 0.25) is 5.02 Å². The maximum absolute atomic E-state index is 12.3. The highest BCUT2D eigenvalue weighted by atomic mass is 35.5. The van der Waals surface area contributed by atoms with Crippen molar-refractivity contribution in [2.45, 2.75) is 11.8 Å². The van der Waals surface area contributed by atoms with Crippen molar-refractivity contribution in [3.05, 3.63) is 65.4 Å². The van der Waals surface area contributed by atoms with Crippen LogP contribution in [0.4, 0.5) is 22.0 Å². The maximum atomic E-state index is 12.3. The number of urea groups is 1. The zero-order chi connectivity index (χ0) is 19.4. The molecule has 3 rings (SSSR count). The molecule has 0 radical (unpaired) electrons. The third kappa shape index (κ3) is 4.99. The van der Waals surface area contributed by atoms with Crippen molar-refractivity contribution in [2.24, 2.45) is 0 Å². The quantitative estimate of drug-likeness (QED) is 0.590. The van der Waals surface area contributed by atoms with E-state index in [-0.39, 0.29) is 10.7 Å². The molecule has 8 nitrogen and oxygen atoms in total. The summed E-state index contributed by atoms with van der Waals surface area (Å²) in [6, 6.07) is 13.3. The van der Waals surface area contributed by atoms with E-state index in [1.165, 1.54) is 30.3 Å². The van der Waals surface area contributed by atoms with Crippen molar-refractivity contribution in [1.29, 1.82) is 0 Å². The first kappa shape index (κ1) is 18.7. The van der Waals surface area contributed by atoms with E-state index < -0.39 is 16.1 Å². The zero-order valence-electron chi connectivity index (χ0n) is 14.1. The Morgan fingerprint density at radius 2 is 1.56 bits per heavy atom. The molecule has 3 aromatic rings. The second kappa shape index (κ2) is 7.68. The number of nitrogens with zero attached hydrogens (tertiary/aromatic N) is 1. The van der Waals surface area contributed by atoms with E-state index in [2.05, 4.69) is 20.5 Å². The molecule has 0 aliphatic heterocycles. The first-order valence-corrected chi connectivity index (χ1v) is 9.58. The molecule has 1 heterocycles. The number of amides is 2. The van der Waals surface area contributed by atoms with Gasteiger partial charge in [0.05, 0.1) is 4.90 Å². The third-order valence-electron chi connectivity index (χ3n) is 3.39. The number of aryl methyl sites for hydroxylation is 1. The molecule has 0 spiro atoms. The van der Waals surface area contributed by atoms with Gasteiger partial charge in [-0.05, 0) is 55.5 Å². The van der Waals surface area contributed by atoms with Crippen LogP contribution in [0.5, 0.6) is 0 Å². The molecule has 0 unspecified atom stereocenters. The van der Waals surface area contributed by atoms with Gasteiger partial charge in [0, 0.05) is 22.5 Å². The van der Waals surface area contributed by atoms with Gasteiger partial charge in [0.15, 0.2) is 5.82 Å². The molecule has 0 saturated heterocycles. The van der Waals surface area contributed by atoms with Gasteiger partial charge in [-0.2, -0.15) is 0 Å². The van der Waals surface area contributed by atoms with Crippen molar-refractivity contribution in [1.82, 2.24) is 5.16 Å². The molecule has 0 bridgehead atoms. The SMILES string of the molecule is Cc1cc(NS(=O)(=O)c2ccc(NC(=O)Nc3ccc(Cl)cc3)cc2)no1. The van der Waals surface area contributed by atoms with Crippen LogP contribution in [-0.2, 0) is 10.0 Å². The molecule has 0 aliphatic carbocycles. The average Bonchev–Trinajstić information content (AvgIpc) is 3.01. The smallest absolute Gasteiger partial charge is 0.323 e. The first-order chi connectivity index (χ1) is 12.8. The highest BCUT2D eigenvalue weighted by Gasteiger charge is 2.16. The number of rotatable bonds is 5. The van der Waals surface area contributed by atoms with Crippen LogP contribution in [0.15, 0.2) is 64.0 Å². The van der Waals surface area contributed by atoms with Crippen molar-refractivity contribution in [3.63, 3.8) is 0 Å². The summed E-state index contributed by atoms with van der Waals surface area (Å²) in [6.45, 7) is 1.65. The number of aromatic nitrogens is 1. The number of benzene rings is 2. The lowest BCUT2D eigenvalue weighted by molar-refractivity contribution is 0.262. The fourth-order valence-corrected chi connectivity index (χ4v) is 3.26. The number of anilines is 3. The van der Waals surface area contributed by atoms with E-state index in [0.29, 0.717) is 22.2 Å². The van der Waals surface area contributed by atoms with Crippen LogP contribution < -0.4 is 15.4 Å². The Morgan fingerprint density at radius 1 is 1.00 bits per heavy atom. The highest BCUT2D eigenvalue weighted by molar-refractivity contribution is 7.92. The van der Waals surface area contributed by atoms with E-state index in [1.807, 2.05) is 0 Å². The third-order valence-corrected chi connectivity index (χ3v) is 5.01. The van der Waals surface area contributed by atoms with Crippen molar-refractivity contribution >= 4 is 44.8 Å². The Kier molecular flexibility index (Phi) is 5.33. The lowest BCUT2D eigenvalue weighted by Gasteiger charge is -2.09. The molecule has 0 fully saturated rings. The Morgan fingerprint density at radius 3 is 2.07 bits per heavy atom. The molecular weight excluding hydrogens is 392 g/mol. The topological polar surface area (TPSA) is 113 Å².